The molecule has 0 saturated carbocycles. The molecule has 1 aromatic carbocycles. The molecule has 4 rings (SSSR count). The number of carboxylic acid groups (broad SMARTS) is 2. The quantitative estimate of drug-likeness (QED) is 0.629. The van der Waals surface area contributed by atoms with Gasteiger partial charge in [-0.1, -0.05) is 24.3 Å². The lowest BCUT2D eigenvalue weighted by molar-refractivity contribution is -0.159. The molecule has 0 atom stereocenters. The Bertz CT molecular complexity index is 1050. The molecule has 8 heteroatoms. The van der Waals surface area contributed by atoms with Crippen molar-refractivity contribution in [2.75, 3.05) is 0 Å². The lowest BCUT2D eigenvalue weighted by atomic mass is 10.00. The second-order valence-corrected chi connectivity index (χ2v) is 5.71. The molecule has 0 spiro atoms. The van der Waals surface area contributed by atoms with Crippen LogP contribution in [0.3, 0.4) is 0 Å². The fraction of sp³-hybridized carbons (Fsp3) is 0.105. The molecular weight excluding hydrogens is 350 g/mol. The third-order valence-corrected chi connectivity index (χ3v) is 4.03. The molecule has 0 amide bonds. The molecule has 2 aromatic heterocycles. The van der Waals surface area contributed by atoms with Gasteiger partial charge in [0, 0.05) is 36.1 Å². The molecule has 3 aromatic rings. The second kappa shape index (κ2) is 7.61. The van der Waals surface area contributed by atoms with E-state index in [1.54, 1.807) is 23.0 Å². The van der Waals surface area contributed by atoms with Gasteiger partial charge in [-0.15, -0.1) is 0 Å². The van der Waals surface area contributed by atoms with E-state index in [2.05, 4.69) is 11.1 Å². The highest BCUT2D eigenvalue weighted by atomic mass is 16.4. The average Bonchev–Trinajstić information content (AvgIpc) is 2.69. The molecule has 136 valence electrons. The van der Waals surface area contributed by atoms with Crippen LogP contribution in [-0.4, -0.2) is 36.7 Å². The zero-order chi connectivity index (χ0) is 19.4. The Morgan fingerprint density at radius 1 is 1.00 bits per heavy atom. The first kappa shape index (κ1) is 18.0. The molecule has 3 heterocycles. The monoisotopic (exact) mass is 365 g/mol. The maximum absolute atomic E-state index is 12.4. The lowest BCUT2D eigenvalue weighted by Gasteiger charge is -2.21. The summed E-state index contributed by atoms with van der Waals surface area (Å²) in [7, 11) is 0. The van der Waals surface area contributed by atoms with Crippen LogP contribution in [0.2, 0.25) is 0 Å². The van der Waals surface area contributed by atoms with Crippen LogP contribution in [0.25, 0.3) is 22.6 Å². The fourth-order valence-corrected chi connectivity index (χ4v) is 2.79. The van der Waals surface area contributed by atoms with Crippen LogP contribution < -0.4 is 5.56 Å². The summed E-state index contributed by atoms with van der Waals surface area (Å²) >= 11 is 0. The average molecular weight is 365 g/mol. The first-order valence-electron chi connectivity index (χ1n) is 8.04. The molecule has 0 bridgehead atoms. The zero-order valence-corrected chi connectivity index (χ0v) is 14.1. The molecule has 1 aliphatic heterocycles. The third-order valence-electron chi connectivity index (χ3n) is 4.03. The first-order valence-corrected chi connectivity index (χ1v) is 8.04. The number of rotatable bonds is 1. The van der Waals surface area contributed by atoms with Gasteiger partial charge in [-0.2, -0.15) is 0 Å². The fourth-order valence-electron chi connectivity index (χ4n) is 2.79. The number of carbonyl (C=O) groups is 2. The van der Waals surface area contributed by atoms with Crippen LogP contribution in [0, 0.1) is 0 Å². The predicted octanol–water partition coefficient (Wildman–Crippen LogP) is 1.68. The van der Waals surface area contributed by atoms with Crippen molar-refractivity contribution in [1.82, 2.24) is 14.5 Å². The van der Waals surface area contributed by atoms with Gasteiger partial charge >= 0.3 is 11.9 Å². The number of carboxylic acids is 2. The van der Waals surface area contributed by atoms with Crippen molar-refractivity contribution in [3.8, 4) is 22.6 Å². The molecule has 0 radical (unpaired) electrons. The van der Waals surface area contributed by atoms with E-state index in [1.807, 2.05) is 30.3 Å². The third kappa shape index (κ3) is 3.90. The van der Waals surface area contributed by atoms with Gasteiger partial charge in [0.25, 0.3) is 5.56 Å². The Balaban J connectivity index is 0.000000307. The summed E-state index contributed by atoms with van der Waals surface area (Å²) in [5.41, 5.74) is 3.91. The predicted molar refractivity (Wildman–Crippen MR) is 96.1 cm³/mol. The molecule has 0 aliphatic carbocycles. The molecule has 0 fully saturated rings. The number of aryl methyl sites for hydroxylation is 1. The van der Waals surface area contributed by atoms with E-state index >= 15 is 0 Å². The Kier molecular flexibility index (Phi) is 5.07. The number of hydrogen-bond donors (Lipinski definition) is 2. The van der Waals surface area contributed by atoms with Crippen molar-refractivity contribution in [3.63, 3.8) is 0 Å². The standard InChI is InChI=1S/C17H13N3O.C2H2O4/c21-16-11-15(13-5-8-18-9-6-13)19-17-14-4-2-1-3-12(14)7-10-20(16)17;3-1(4)2(5)6/h1-6,8-9,11H,7,10H2;(H,3,4)(H,5,6). The topological polar surface area (TPSA) is 122 Å². The van der Waals surface area contributed by atoms with Gasteiger partial charge in [0.05, 0.1) is 5.69 Å². The summed E-state index contributed by atoms with van der Waals surface area (Å²) < 4.78 is 1.76. The van der Waals surface area contributed by atoms with Crippen molar-refractivity contribution in [1.29, 1.82) is 0 Å². The molecule has 8 nitrogen and oxygen atoms in total. The minimum atomic E-state index is -1.82. The Hall–Kier alpha value is -3.81. The number of aliphatic carboxylic acids is 2. The van der Waals surface area contributed by atoms with Gasteiger partial charge in [-0.25, -0.2) is 14.6 Å². The van der Waals surface area contributed by atoms with Crippen molar-refractivity contribution in [3.05, 3.63) is 70.8 Å². The Labute approximate surface area is 153 Å². The van der Waals surface area contributed by atoms with Crippen LogP contribution in [-0.2, 0) is 22.6 Å². The first-order chi connectivity index (χ1) is 13.0. The summed E-state index contributed by atoms with van der Waals surface area (Å²) in [4.78, 5) is 39.3. The largest absolute Gasteiger partial charge is 0.473 e. The molecule has 27 heavy (non-hydrogen) atoms. The molecule has 2 N–H and O–H groups in total. The highest BCUT2D eigenvalue weighted by Gasteiger charge is 2.18. The van der Waals surface area contributed by atoms with Crippen LogP contribution in [0.1, 0.15) is 5.56 Å². The summed E-state index contributed by atoms with van der Waals surface area (Å²) in [6.07, 6.45) is 4.30. The van der Waals surface area contributed by atoms with Crippen molar-refractivity contribution < 1.29 is 19.8 Å². The van der Waals surface area contributed by atoms with E-state index < -0.39 is 11.9 Å². The van der Waals surface area contributed by atoms with Crippen LogP contribution in [0.4, 0.5) is 0 Å². The van der Waals surface area contributed by atoms with Crippen molar-refractivity contribution in [2.24, 2.45) is 0 Å². The SMILES string of the molecule is O=C(O)C(=O)O.O=c1cc(-c2ccncc2)nc2n1CCc1ccccc1-2. The Morgan fingerprint density at radius 3 is 2.33 bits per heavy atom. The lowest BCUT2D eigenvalue weighted by Crippen LogP contribution is -2.27. The number of nitrogens with zero attached hydrogens (tertiary/aromatic N) is 3. The zero-order valence-electron chi connectivity index (χ0n) is 14.1. The number of fused-ring (bicyclic) bond motifs is 3. The summed E-state index contributed by atoms with van der Waals surface area (Å²) in [5.74, 6) is -2.89. The van der Waals surface area contributed by atoms with Gasteiger partial charge < -0.3 is 10.2 Å². The van der Waals surface area contributed by atoms with E-state index in [1.165, 1.54) is 5.56 Å². The number of pyridine rings is 1. The molecule has 0 saturated heterocycles. The van der Waals surface area contributed by atoms with Crippen molar-refractivity contribution in [2.45, 2.75) is 13.0 Å². The summed E-state index contributed by atoms with van der Waals surface area (Å²) in [5, 5.41) is 14.8. The maximum atomic E-state index is 12.4. The smallest absolute Gasteiger partial charge is 0.414 e. The van der Waals surface area contributed by atoms with Gasteiger partial charge in [0.15, 0.2) is 0 Å². The normalized spacial score (nSPS) is 11.4. The Morgan fingerprint density at radius 2 is 1.67 bits per heavy atom. The van der Waals surface area contributed by atoms with Crippen molar-refractivity contribution >= 4 is 11.9 Å². The van der Waals surface area contributed by atoms with Crippen LogP contribution >= 0.6 is 0 Å². The van der Waals surface area contributed by atoms with Gasteiger partial charge in [-0.05, 0) is 24.1 Å². The summed E-state index contributed by atoms with van der Waals surface area (Å²) in [6.45, 7) is 0.689. The van der Waals surface area contributed by atoms with E-state index in [-0.39, 0.29) is 5.56 Å². The van der Waals surface area contributed by atoms with Gasteiger partial charge in [0.2, 0.25) is 0 Å². The van der Waals surface area contributed by atoms with E-state index in [4.69, 9.17) is 24.8 Å². The van der Waals surface area contributed by atoms with E-state index in [9.17, 15) is 4.79 Å². The number of benzene rings is 1. The van der Waals surface area contributed by atoms with Gasteiger partial charge in [0.1, 0.15) is 5.82 Å². The van der Waals surface area contributed by atoms with E-state index in [0.717, 1.165) is 23.4 Å². The van der Waals surface area contributed by atoms with Crippen LogP contribution in [0.5, 0.6) is 0 Å². The summed E-state index contributed by atoms with van der Waals surface area (Å²) in [6, 6.07) is 13.5. The highest BCUT2D eigenvalue weighted by molar-refractivity contribution is 6.27. The van der Waals surface area contributed by atoms with E-state index in [0.29, 0.717) is 12.2 Å². The minimum Gasteiger partial charge on any atom is -0.473 e. The number of hydrogen-bond acceptors (Lipinski definition) is 5. The number of aromatic nitrogens is 3. The second-order valence-electron chi connectivity index (χ2n) is 5.71. The minimum absolute atomic E-state index is 0.00122. The molecule has 0 unspecified atom stereocenters. The highest BCUT2D eigenvalue weighted by Crippen LogP contribution is 2.27. The molecule has 1 aliphatic rings. The molecular formula is C19H15N3O5. The maximum Gasteiger partial charge on any atom is 0.414 e. The van der Waals surface area contributed by atoms with Crippen LogP contribution in [0.15, 0.2) is 59.7 Å². The van der Waals surface area contributed by atoms with Gasteiger partial charge in [-0.3, -0.25) is 14.3 Å².